The molecule has 0 saturated heterocycles. The van der Waals surface area contributed by atoms with Gasteiger partial charge in [-0.25, -0.2) is 9.48 Å². The summed E-state index contributed by atoms with van der Waals surface area (Å²) in [5.74, 6) is 0.0723. The van der Waals surface area contributed by atoms with Gasteiger partial charge in [0, 0.05) is 5.92 Å². The van der Waals surface area contributed by atoms with Gasteiger partial charge in [-0.2, -0.15) is 0 Å². The van der Waals surface area contributed by atoms with Gasteiger partial charge in [0.05, 0.1) is 30.2 Å². The van der Waals surface area contributed by atoms with Crippen molar-refractivity contribution in [2.75, 3.05) is 6.61 Å². The summed E-state index contributed by atoms with van der Waals surface area (Å²) in [4.78, 5) is 12.1. The van der Waals surface area contributed by atoms with Crippen molar-refractivity contribution in [2.24, 2.45) is 0 Å². The van der Waals surface area contributed by atoms with E-state index in [0.717, 1.165) is 37.1 Å². The summed E-state index contributed by atoms with van der Waals surface area (Å²) in [7, 11) is 0. The second-order valence-corrected chi connectivity index (χ2v) is 5.81. The lowest BCUT2D eigenvalue weighted by atomic mass is 10.1. The van der Waals surface area contributed by atoms with E-state index in [1.165, 1.54) is 0 Å². The van der Waals surface area contributed by atoms with Crippen LogP contribution in [0.2, 0.25) is 0 Å². The first-order chi connectivity index (χ1) is 11.2. The molecule has 23 heavy (non-hydrogen) atoms. The number of hydrogen-bond donors (Lipinski definition) is 1. The molecule has 1 aliphatic rings. The Kier molecular flexibility index (Phi) is 4.71. The third-order valence-electron chi connectivity index (χ3n) is 3.95. The quantitative estimate of drug-likeness (QED) is 0.628. The van der Waals surface area contributed by atoms with Gasteiger partial charge in [-0.05, 0) is 37.5 Å². The predicted octanol–water partition coefficient (Wildman–Crippen LogP) is 2.59. The zero-order valence-corrected chi connectivity index (χ0v) is 13.2. The molecule has 0 spiro atoms. The number of nitrogens with zero attached hydrogens (tertiary/aromatic N) is 3. The van der Waals surface area contributed by atoms with Crippen molar-refractivity contribution in [2.45, 2.75) is 45.1 Å². The van der Waals surface area contributed by atoms with Crippen LogP contribution in [0.1, 0.15) is 60.3 Å². The number of unbranched alkanes of at least 4 members (excludes halogenated alkanes) is 1. The van der Waals surface area contributed by atoms with E-state index in [1.807, 2.05) is 12.1 Å². The van der Waals surface area contributed by atoms with E-state index < -0.39 is 0 Å². The number of carbonyl (C=O) groups is 1. The van der Waals surface area contributed by atoms with E-state index in [0.29, 0.717) is 23.8 Å². The molecule has 1 aromatic heterocycles. The lowest BCUT2D eigenvalue weighted by Crippen LogP contribution is -2.08. The molecule has 1 fully saturated rings. The first kappa shape index (κ1) is 15.7. The van der Waals surface area contributed by atoms with Crippen molar-refractivity contribution in [3.8, 4) is 5.69 Å². The molecule has 1 heterocycles. The smallest absolute Gasteiger partial charge is 0.338 e. The predicted molar refractivity (Wildman–Crippen MR) is 84.4 cm³/mol. The highest BCUT2D eigenvalue weighted by Gasteiger charge is 2.31. The number of ether oxygens (including phenoxy) is 1. The molecule has 3 rings (SSSR count). The fraction of sp³-hybridized carbons (Fsp3) is 0.471. The molecule has 6 nitrogen and oxygen atoms in total. The molecule has 6 heteroatoms. The average Bonchev–Trinajstić information content (AvgIpc) is 3.33. The van der Waals surface area contributed by atoms with Gasteiger partial charge < -0.3 is 9.84 Å². The first-order valence-corrected chi connectivity index (χ1v) is 8.07. The Bertz CT molecular complexity index is 692. The molecule has 0 unspecified atom stereocenters. The van der Waals surface area contributed by atoms with Gasteiger partial charge >= 0.3 is 5.97 Å². The van der Waals surface area contributed by atoms with Crippen molar-refractivity contribution in [3.63, 3.8) is 0 Å². The van der Waals surface area contributed by atoms with E-state index >= 15 is 0 Å². The van der Waals surface area contributed by atoms with Crippen LogP contribution in [0, 0.1) is 0 Å². The number of carbonyl (C=O) groups excluding carboxylic acids is 1. The minimum atomic E-state index is -0.323. The van der Waals surface area contributed by atoms with Crippen molar-refractivity contribution >= 4 is 5.97 Å². The molecule has 2 aromatic rings. The monoisotopic (exact) mass is 315 g/mol. The molecule has 0 amide bonds. The van der Waals surface area contributed by atoms with Gasteiger partial charge in [-0.3, -0.25) is 0 Å². The van der Waals surface area contributed by atoms with E-state index in [-0.39, 0.29) is 12.6 Å². The standard InChI is InChI=1S/C17H21N3O3/c1-2-3-9-23-17(22)13-5-4-6-14(10-13)20-16(12-7-8-12)15(11-21)18-19-20/h4-6,10,12,21H,2-3,7-9,11H2,1H3. The number of benzene rings is 1. The van der Waals surface area contributed by atoms with Crippen molar-refractivity contribution in [1.29, 1.82) is 0 Å². The Morgan fingerprint density at radius 1 is 1.43 bits per heavy atom. The van der Waals surface area contributed by atoms with Gasteiger partial charge in [0.1, 0.15) is 5.69 Å². The topological polar surface area (TPSA) is 77.2 Å². The van der Waals surface area contributed by atoms with Crippen molar-refractivity contribution < 1.29 is 14.6 Å². The number of hydrogen-bond acceptors (Lipinski definition) is 5. The Labute approximate surface area is 135 Å². The largest absolute Gasteiger partial charge is 0.462 e. The average molecular weight is 315 g/mol. The van der Waals surface area contributed by atoms with Crippen LogP contribution in [0.4, 0.5) is 0 Å². The highest BCUT2D eigenvalue weighted by Crippen LogP contribution is 2.41. The number of aromatic nitrogens is 3. The zero-order chi connectivity index (χ0) is 16.2. The van der Waals surface area contributed by atoms with Gasteiger partial charge in [0.2, 0.25) is 0 Å². The fourth-order valence-corrected chi connectivity index (χ4v) is 2.55. The SMILES string of the molecule is CCCCOC(=O)c1cccc(-n2nnc(CO)c2C2CC2)c1. The van der Waals surface area contributed by atoms with E-state index in [4.69, 9.17) is 4.74 Å². The molecule has 1 aromatic carbocycles. The number of aliphatic hydroxyl groups is 1. The molecule has 0 aliphatic heterocycles. The molecule has 1 aliphatic carbocycles. The maximum atomic E-state index is 12.1. The number of esters is 1. The summed E-state index contributed by atoms with van der Waals surface area (Å²) in [5, 5.41) is 17.6. The van der Waals surface area contributed by atoms with E-state index in [2.05, 4.69) is 17.2 Å². The third kappa shape index (κ3) is 3.42. The Morgan fingerprint density at radius 2 is 2.26 bits per heavy atom. The van der Waals surface area contributed by atoms with E-state index in [9.17, 15) is 9.90 Å². The maximum Gasteiger partial charge on any atom is 0.338 e. The minimum Gasteiger partial charge on any atom is -0.462 e. The van der Waals surface area contributed by atoms with Gasteiger partial charge in [-0.15, -0.1) is 5.10 Å². The zero-order valence-electron chi connectivity index (χ0n) is 13.2. The molecule has 1 saturated carbocycles. The molecule has 1 N–H and O–H groups in total. The highest BCUT2D eigenvalue weighted by atomic mass is 16.5. The van der Waals surface area contributed by atoms with Crippen LogP contribution in [-0.4, -0.2) is 32.7 Å². The third-order valence-corrected chi connectivity index (χ3v) is 3.95. The van der Waals surface area contributed by atoms with Crippen LogP contribution in [0.25, 0.3) is 5.69 Å². The summed E-state index contributed by atoms with van der Waals surface area (Å²) < 4.78 is 6.98. The molecular formula is C17H21N3O3. The maximum absolute atomic E-state index is 12.1. The van der Waals surface area contributed by atoms with Crippen LogP contribution in [-0.2, 0) is 11.3 Å². The summed E-state index contributed by atoms with van der Waals surface area (Å²) in [6.45, 7) is 2.37. The highest BCUT2D eigenvalue weighted by molar-refractivity contribution is 5.90. The van der Waals surface area contributed by atoms with Crippen molar-refractivity contribution in [1.82, 2.24) is 15.0 Å². The Morgan fingerprint density at radius 3 is 2.96 bits per heavy atom. The summed E-state index contributed by atoms with van der Waals surface area (Å²) in [6.07, 6.45) is 4.01. The van der Waals surface area contributed by atoms with Crippen LogP contribution in [0.5, 0.6) is 0 Å². The molecule has 0 radical (unpaired) electrons. The summed E-state index contributed by atoms with van der Waals surface area (Å²) in [5.41, 5.74) is 2.83. The lowest BCUT2D eigenvalue weighted by molar-refractivity contribution is 0.0499. The summed E-state index contributed by atoms with van der Waals surface area (Å²) >= 11 is 0. The normalized spacial score (nSPS) is 14.0. The number of rotatable bonds is 7. The number of aliphatic hydroxyl groups excluding tert-OH is 1. The van der Waals surface area contributed by atoms with Crippen LogP contribution in [0.3, 0.4) is 0 Å². The van der Waals surface area contributed by atoms with E-state index in [1.54, 1.807) is 16.8 Å². The molecular weight excluding hydrogens is 294 g/mol. The first-order valence-electron chi connectivity index (χ1n) is 8.07. The molecule has 122 valence electrons. The van der Waals surface area contributed by atoms with Crippen LogP contribution < -0.4 is 0 Å². The Balaban J connectivity index is 1.85. The second-order valence-electron chi connectivity index (χ2n) is 5.81. The molecule has 0 atom stereocenters. The van der Waals surface area contributed by atoms with Crippen LogP contribution in [0.15, 0.2) is 24.3 Å². The lowest BCUT2D eigenvalue weighted by Gasteiger charge is -2.09. The minimum absolute atomic E-state index is 0.120. The van der Waals surface area contributed by atoms with Gasteiger partial charge in [0.25, 0.3) is 0 Å². The fourth-order valence-electron chi connectivity index (χ4n) is 2.55. The van der Waals surface area contributed by atoms with Gasteiger partial charge in [-0.1, -0.05) is 24.6 Å². The molecule has 0 bridgehead atoms. The van der Waals surface area contributed by atoms with Gasteiger partial charge in [0.15, 0.2) is 0 Å². The van der Waals surface area contributed by atoms with Crippen LogP contribution >= 0.6 is 0 Å². The van der Waals surface area contributed by atoms with Crippen molar-refractivity contribution in [3.05, 3.63) is 41.2 Å². The Hall–Kier alpha value is -2.21. The second kappa shape index (κ2) is 6.91. The summed E-state index contributed by atoms with van der Waals surface area (Å²) in [6, 6.07) is 7.18.